The summed E-state index contributed by atoms with van der Waals surface area (Å²) in [5.41, 5.74) is 0.392. The summed E-state index contributed by atoms with van der Waals surface area (Å²) in [7, 11) is 0. The maximum Gasteiger partial charge on any atom is 0.363 e. The molecule has 0 spiro atoms. The summed E-state index contributed by atoms with van der Waals surface area (Å²) in [5.74, 6) is -1.24. The normalized spacial score (nSPS) is 15.3. The zero-order chi connectivity index (χ0) is 19.4. The van der Waals surface area contributed by atoms with Gasteiger partial charge in [-0.3, -0.25) is 9.59 Å². The molecule has 1 fully saturated rings. The summed E-state index contributed by atoms with van der Waals surface area (Å²) < 4.78 is 11.9. The second-order valence-electron chi connectivity index (χ2n) is 6.23. The van der Waals surface area contributed by atoms with Gasteiger partial charge in [0.15, 0.2) is 6.10 Å². The molecule has 1 aliphatic rings. The highest BCUT2D eigenvalue weighted by Gasteiger charge is 2.27. The van der Waals surface area contributed by atoms with E-state index in [1.54, 1.807) is 11.8 Å². The summed E-state index contributed by atoms with van der Waals surface area (Å²) in [5, 5.41) is 4.15. The first-order valence-corrected chi connectivity index (χ1v) is 8.71. The fourth-order valence-corrected chi connectivity index (χ4v) is 2.83. The monoisotopic (exact) mass is 371 g/mol. The molecule has 1 aromatic carbocycles. The third kappa shape index (κ3) is 4.22. The summed E-state index contributed by atoms with van der Waals surface area (Å²) in [6, 6.07) is 10.5. The van der Waals surface area contributed by atoms with Crippen LogP contribution in [0.25, 0.3) is 5.69 Å². The number of benzene rings is 1. The second-order valence-corrected chi connectivity index (χ2v) is 6.23. The number of hydrogen-bond donors (Lipinski definition) is 0. The molecule has 1 aliphatic heterocycles. The number of carbonyl (C=O) groups is 2. The number of nitrogens with zero attached hydrogens (tertiary/aromatic N) is 3. The zero-order valence-electron chi connectivity index (χ0n) is 15.3. The third-order valence-corrected chi connectivity index (χ3v) is 4.26. The first kappa shape index (κ1) is 18.8. The van der Waals surface area contributed by atoms with Crippen LogP contribution in [0.3, 0.4) is 0 Å². The van der Waals surface area contributed by atoms with Gasteiger partial charge in [-0.05, 0) is 26.0 Å². The molecule has 0 aliphatic carbocycles. The fraction of sp³-hybridized carbons (Fsp3) is 0.368. The van der Waals surface area contributed by atoms with Gasteiger partial charge in [0.1, 0.15) is 0 Å². The molecule has 1 unspecified atom stereocenters. The molecule has 1 amide bonds. The van der Waals surface area contributed by atoms with E-state index >= 15 is 0 Å². The standard InChI is InChI=1S/C19H21N3O5/c1-13-12-16(23)17(20-22(13)15-6-4-3-5-7-15)19(25)27-14(2)18(24)21-8-10-26-11-9-21/h3-7,12,14H,8-11H2,1-2H3. The van der Waals surface area contributed by atoms with E-state index in [0.29, 0.717) is 37.7 Å². The van der Waals surface area contributed by atoms with Gasteiger partial charge < -0.3 is 14.4 Å². The third-order valence-electron chi connectivity index (χ3n) is 4.26. The average Bonchev–Trinajstić information content (AvgIpc) is 2.68. The van der Waals surface area contributed by atoms with Crippen molar-refractivity contribution in [3.63, 3.8) is 0 Å². The van der Waals surface area contributed by atoms with Crippen LogP contribution < -0.4 is 5.43 Å². The second kappa shape index (κ2) is 8.13. The molecule has 2 heterocycles. The van der Waals surface area contributed by atoms with Crippen molar-refractivity contribution < 1.29 is 19.1 Å². The number of amides is 1. The molecule has 142 valence electrons. The lowest BCUT2D eigenvalue weighted by Crippen LogP contribution is -2.46. The lowest BCUT2D eigenvalue weighted by Gasteiger charge is -2.28. The molecule has 1 atom stereocenters. The van der Waals surface area contributed by atoms with Gasteiger partial charge >= 0.3 is 5.97 Å². The van der Waals surface area contributed by atoms with E-state index in [0.717, 1.165) is 0 Å². The number of para-hydroxylation sites is 1. The summed E-state index contributed by atoms with van der Waals surface area (Å²) in [6.07, 6.45) is -1.01. The van der Waals surface area contributed by atoms with Crippen molar-refractivity contribution in [1.82, 2.24) is 14.7 Å². The van der Waals surface area contributed by atoms with Crippen LogP contribution in [0.15, 0.2) is 41.2 Å². The molecule has 27 heavy (non-hydrogen) atoms. The minimum absolute atomic E-state index is 0.317. The van der Waals surface area contributed by atoms with Crippen molar-refractivity contribution in [3.05, 3.63) is 58.0 Å². The van der Waals surface area contributed by atoms with E-state index in [-0.39, 0.29) is 11.6 Å². The number of ether oxygens (including phenoxy) is 2. The zero-order valence-corrected chi connectivity index (χ0v) is 15.3. The topological polar surface area (TPSA) is 90.7 Å². The number of esters is 1. The van der Waals surface area contributed by atoms with Crippen LogP contribution in [-0.4, -0.2) is 59.0 Å². The number of aryl methyl sites for hydroxylation is 1. The quantitative estimate of drug-likeness (QED) is 0.743. The van der Waals surface area contributed by atoms with Crippen molar-refractivity contribution in [1.29, 1.82) is 0 Å². The summed E-state index contributed by atoms with van der Waals surface area (Å²) in [4.78, 5) is 38.7. The van der Waals surface area contributed by atoms with Gasteiger partial charge in [-0.2, -0.15) is 5.10 Å². The van der Waals surface area contributed by atoms with Gasteiger partial charge in [-0.15, -0.1) is 0 Å². The summed E-state index contributed by atoms with van der Waals surface area (Å²) in [6.45, 7) is 5.01. The van der Waals surface area contributed by atoms with E-state index in [1.165, 1.54) is 17.7 Å². The smallest absolute Gasteiger partial charge is 0.363 e. The first-order chi connectivity index (χ1) is 13.0. The van der Waals surface area contributed by atoms with Gasteiger partial charge in [0.25, 0.3) is 5.91 Å². The average molecular weight is 371 g/mol. The van der Waals surface area contributed by atoms with Crippen molar-refractivity contribution in [2.45, 2.75) is 20.0 Å². The van der Waals surface area contributed by atoms with E-state index in [2.05, 4.69) is 5.10 Å². The molecule has 3 rings (SSSR count). The van der Waals surface area contributed by atoms with E-state index in [4.69, 9.17) is 9.47 Å². The van der Waals surface area contributed by atoms with Crippen LogP contribution in [0.5, 0.6) is 0 Å². The lowest BCUT2D eigenvalue weighted by atomic mass is 10.2. The van der Waals surface area contributed by atoms with Crippen LogP contribution >= 0.6 is 0 Å². The van der Waals surface area contributed by atoms with Crippen molar-refractivity contribution >= 4 is 11.9 Å². The van der Waals surface area contributed by atoms with Crippen LogP contribution in [0.4, 0.5) is 0 Å². The predicted octanol–water partition coefficient (Wildman–Crippen LogP) is 0.945. The summed E-state index contributed by atoms with van der Waals surface area (Å²) >= 11 is 0. The molecule has 1 saturated heterocycles. The van der Waals surface area contributed by atoms with Crippen LogP contribution in [-0.2, 0) is 14.3 Å². The highest BCUT2D eigenvalue weighted by atomic mass is 16.5. The molecule has 0 bridgehead atoms. The molecule has 8 nitrogen and oxygen atoms in total. The van der Waals surface area contributed by atoms with Gasteiger partial charge in [0.05, 0.1) is 18.9 Å². The molecular formula is C19H21N3O5. The van der Waals surface area contributed by atoms with Gasteiger partial charge in [0, 0.05) is 24.8 Å². The Labute approximate surface area is 156 Å². The number of aromatic nitrogens is 2. The Balaban J connectivity index is 1.80. The molecule has 2 aromatic rings. The number of carbonyl (C=O) groups excluding carboxylic acids is 2. The Morgan fingerprint density at radius 2 is 1.85 bits per heavy atom. The molecule has 0 saturated carbocycles. The van der Waals surface area contributed by atoms with E-state index in [9.17, 15) is 14.4 Å². The Morgan fingerprint density at radius 3 is 2.52 bits per heavy atom. The van der Waals surface area contributed by atoms with Crippen molar-refractivity contribution in [3.8, 4) is 5.69 Å². The minimum Gasteiger partial charge on any atom is -0.448 e. The largest absolute Gasteiger partial charge is 0.448 e. The van der Waals surface area contributed by atoms with Crippen LogP contribution in [0.1, 0.15) is 23.1 Å². The number of hydrogen-bond acceptors (Lipinski definition) is 6. The van der Waals surface area contributed by atoms with Crippen molar-refractivity contribution in [2.24, 2.45) is 0 Å². The number of morpholine rings is 1. The minimum atomic E-state index is -1.01. The van der Waals surface area contributed by atoms with Crippen molar-refractivity contribution in [2.75, 3.05) is 26.3 Å². The molecule has 8 heteroatoms. The Kier molecular flexibility index (Phi) is 5.66. The van der Waals surface area contributed by atoms with Gasteiger partial charge in [-0.1, -0.05) is 18.2 Å². The lowest BCUT2D eigenvalue weighted by molar-refractivity contribution is -0.143. The van der Waals surface area contributed by atoms with Gasteiger partial charge in [0.2, 0.25) is 11.1 Å². The van der Waals surface area contributed by atoms with Crippen LogP contribution in [0, 0.1) is 6.92 Å². The Hall–Kier alpha value is -3.00. The van der Waals surface area contributed by atoms with E-state index < -0.39 is 17.5 Å². The maximum atomic E-state index is 12.5. The number of rotatable bonds is 4. The fourth-order valence-electron chi connectivity index (χ4n) is 2.83. The molecule has 1 aromatic heterocycles. The Bertz CT molecular complexity index is 888. The molecule has 0 radical (unpaired) electrons. The van der Waals surface area contributed by atoms with Gasteiger partial charge in [-0.25, -0.2) is 9.48 Å². The van der Waals surface area contributed by atoms with E-state index in [1.807, 2.05) is 30.3 Å². The van der Waals surface area contributed by atoms with Crippen LogP contribution in [0.2, 0.25) is 0 Å². The first-order valence-electron chi connectivity index (χ1n) is 8.71. The predicted molar refractivity (Wildman–Crippen MR) is 96.8 cm³/mol. The SMILES string of the molecule is Cc1cc(=O)c(C(=O)OC(C)C(=O)N2CCOCC2)nn1-c1ccccc1. The highest BCUT2D eigenvalue weighted by molar-refractivity contribution is 5.90. The Morgan fingerprint density at radius 1 is 1.19 bits per heavy atom. The molecule has 0 N–H and O–H groups in total. The maximum absolute atomic E-state index is 12.5. The molecular weight excluding hydrogens is 350 g/mol. The highest BCUT2D eigenvalue weighted by Crippen LogP contribution is 2.09.